The van der Waals surface area contributed by atoms with E-state index < -0.39 is 0 Å². The zero-order valence-corrected chi connectivity index (χ0v) is 12.9. The fraction of sp³-hybridized carbons (Fsp3) is 0.667. The Morgan fingerprint density at radius 3 is 3.14 bits per heavy atom. The topological polar surface area (TPSA) is 67.8 Å². The van der Waals surface area contributed by atoms with Crippen LogP contribution in [0.25, 0.3) is 0 Å². The highest BCUT2D eigenvalue weighted by molar-refractivity contribution is 5.77. The van der Waals surface area contributed by atoms with E-state index in [2.05, 4.69) is 14.9 Å². The largest absolute Gasteiger partial charge is 0.381 e. The van der Waals surface area contributed by atoms with Crippen molar-refractivity contribution in [1.82, 2.24) is 14.9 Å². The molecule has 3 heterocycles. The molecule has 7 heteroatoms. The van der Waals surface area contributed by atoms with Crippen molar-refractivity contribution in [2.75, 3.05) is 44.4 Å². The van der Waals surface area contributed by atoms with Crippen LogP contribution in [0.3, 0.4) is 0 Å². The Hall–Kier alpha value is -1.73. The number of carbonyl (C=O) groups excluding carboxylic acids is 1. The van der Waals surface area contributed by atoms with Gasteiger partial charge in [-0.15, -0.1) is 0 Å². The van der Waals surface area contributed by atoms with Gasteiger partial charge in [0.1, 0.15) is 5.82 Å². The molecule has 1 aromatic heterocycles. The first-order valence-electron chi connectivity index (χ1n) is 7.79. The molecular formula is C15H22N4O3. The predicted octanol–water partition coefficient (Wildman–Crippen LogP) is 0.319. The molecule has 0 spiro atoms. The standard InChI is InChI=1S/C15H22N4O3/c1-2-21-7-3-15(20)18-10-12-13(11-18)22-8-6-19(12)14-9-16-4-5-17-14/h4-5,9,12-13H,2-3,6-8,10-11H2,1H3/t12-,13-/m0/s1. The minimum atomic E-state index is 0.0480. The smallest absolute Gasteiger partial charge is 0.225 e. The van der Waals surface area contributed by atoms with E-state index >= 15 is 0 Å². The summed E-state index contributed by atoms with van der Waals surface area (Å²) in [6.45, 7) is 5.80. The number of nitrogens with zero attached hydrogens (tertiary/aromatic N) is 4. The van der Waals surface area contributed by atoms with E-state index in [9.17, 15) is 4.79 Å². The van der Waals surface area contributed by atoms with Crippen molar-refractivity contribution >= 4 is 11.7 Å². The molecule has 0 radical (unpaired) electrons. The van der Waals surface area contributed by atoms with Crippen LogP contribution >= 0.6 is 0 Å². The molecule has 0 aliphatic carbocycles. The lowest BCUT2D eigenvalue weighted by molar-refractivity contribution is -0.131. The van der Waals surface area contributed by atoms with Crippen molar-refractivity contribution in [3.63, 3.8) is 0 Å². The highest BCUT2D eigenvalue weighted by atomic mass is 16.5. The van der Waals surface area contributed by atoms with Gasteiger partial charge in [0.05, 0.1) is 38.0 Å². The number of morpholine rings is 1. The van der Waals surface area contributed by atoms with E-state index in [1.54, 1.807) is 18.6 Å². The van der Waals surface area contributed by atoms with Crippen LogP contribution in [-0.2, 0) is 14.3 Å². The molecule has 0 aromatic carbocycles. The summed E-state index contributed by atoms with van der Waals surface area (Å²) in [5.74, 6) is 0.981. The number of carbonyl (C=O) groups is 1. The number of aromatic nitrogens is 2. The summed E-state index contributed by atoms with van der Waals surface area (Å²) in [6.07, 6.45) is 5.60. The Bertz CT molecular complexity index is 499. The van der Waals surface area contributed by atoms with E-state index in [1.807, 2.05) is 11.8 Å². The van der Waals surface area contributed by atoms with Crippen molar-refractivity contribution in [1.29, 1.82) is 0 Å². The summed E-state index contributed by atoms with van der Waals surface area (Å²) < 4.78 is 11.1. The van der Waals surface area contributed by atoms with Crippen molar-refractivity contribution < 1.29 is 14.3 Å². The summed E-state index contributed by atoms with van der Waals surface area (Å²) >= 11 is 0. The second-order valence-electron chi connectivity index (χ2n) is 5.48. The SMILES string of the molecule is CCOCCC(=O)N1C[C@@H]2OCCN(c3cnccn3)[C@H]2C1. The molecule has 2 atom stereocenters. The van der Waals surface area contributed by atoms with E-state index in [0.29, 0.717) is 39.3 Å². The molecular weight excluding hydrogens is 284 g/mol. The molecule has 2 saturated heterocycles. The van der Waals surface area contributed by atoms with Crippen LogP contribution in [-0.4, -0.2) is 72.4 Å². The summed E-state index contributed by atoms with van der Waals surface area (Å²) in [6, 6.07) is 0.154. The van der Waals surface area contributed by atoms with Crippen LogP contribution in [0.5, 0.6) is 0 Å². The zero-order valence-electron chi connectivity index (χ0n) is 12.9. The summed E-state index contributed by atoms with van der Waals surface area (Å²) in [5, 5.41) is 0. The molecule has 2 aliphatic rings. The average molecular weight is 306 g/mol. The van der Waals surface area contributed by atoms with Gasteiger partial charge in [-0.2, -0.15) is 0 Å². The van der Waals surface area contributed by atoms with Crippen molar-refractivity contribution in [2.24, 2.45) is 0 Å². The molecule has 120 valence electrons. The Morgan fingerprint density at radius 1 is 1.45 bits per heavy atom. The number of anilines is 1. The van der Waals surface area contributed by atoms with E-state index in [0.717, 1.165) is 12.4 Å². The quantitative estimate of drug-likeness (QED) is 0.730. The Labute approximate surface area is 130 Å². The number of hydrogen-bond donors (Lipinski definition) is 0. The first kappa shape index (κ1) is 15.2. The first-order valence-corrected chi connectivity index (χ1v) is 7.79. The average Bonchev–Trinajstić information content (AvgIpc) is 3.00. The lowest BCUT2D eigenvalue weighted by Crippen LogP contribution is -2.51. The van der Waals surface area contributed by atoms with Gasteiger partial charge < -0.3 is 19.3 Å². The molecule has 1 amide bonds. The maximum absolute atomic E-state index is 12.3. The summed E-state index contributed by atoms with van der Waals surface area (Å²) in [5.41, 5.74) is 0. The third-order valence-corrected chi connectivity index (χ3v) is 4.16. The van der Waals surface area contributed by atoms with Crippen LogP contribution in [0.15, 0.2) is 18.6 Å². The molecule has 0 N–H and O–H groups in total. The molecule has 2 aliphatic heterocycles. The van der Waals surface area contributed by atoms with Gasteiger partial charge in [-0.05, 0) is 6.92 Å². The van der Waals surface area contributed by atoms with Crippen LogP contribution < -0.4 is 4.90 Å². The Kier molecular flexibility index (Phi) is 4.84. The predicted molar refractivity (Wildman–Crippen MR) is 80.6 cm³/mol. The maximum Gasteiger partial charge on any atom is 0.225 e. The molecule has 0 saturated carbocycles. The molecule has 3 rings (SSSR count). The van der Waals surface area contributed by atoms with Gasteiger partial charge in [0.2, 0.25) is 5.91 Å². The normalized spacial score (nSPS) is 24.4. The van der Waals surface area contributed by atoms with Gasteiger partial charge in [-0.25, -0.2) is 4.98 Å². The Morgan fingerprint density at radius 2 is 2.36 bits per heavy atom. The first-order chi connectivity index (χ1) is 10.8. The number of hydrogen-bond acceptors (Lipinski definition) is 6. The highest BCUT2D eigenvalue weighted by Gasteiger charge is 2.42. The third kappa shape index (κ3) is 3.20. The van der Waals surface area contributed by atoms with Gasteiger partial charge in [-0.1, -0.05) is 0 Å². The van der Waals surface area contributed by atoms with Crippen LogP contribution in [0.2, 0.25) is 0 Å². The second-order valence-corrected chi connectivity index (χ2v) is 5.48. The highest BCUT2D eigenvalue weighted by Crippen LogP contribution is 2.26. The van der Waals surface area contributed by atoms with Crippen LogP contribution in [0.4, 0.5) is 5.82 Å². The van der Waals surface area contributed by atoms with Crippen molar-refractivity contribution in [3.05, 3.63) is 18.6 Å². The third-order valence-electron chi connectivity index (χ3n) is 4.16. The van der Waals surface area contributed by atoms with Gasteiger partial charge in [0.25, 0.3) is 0 Å². The van der Waals surface area contributed by atoms with E-state index in [-0.39, 0.29) is 18.1 Å². The molecule has 0 unspecified atom stereocenters. The van der Waals surface area contributed by atoms with Gasteiger partial charge in [-0.3, -0.25) is 9.78 Å². The fourth-order valence-corrected chi connectivity index (χ4v) is 3.08. The summed E-state index contributed by atoms with van der Waals surface area (Å²) in [7, 11) is 0. The van der Waals surface area contributed by atoms with Crippen molar-refractivity contribution in [3.8, 4) is 0 Å². The minimum absolute atomic E-state index is 0.0480. The molecule has 1 aromatic rings. The molecule has 2 fully saturated rings. The number of amides is 1. The lowest BCUT2D eigenvalue weighted by atomic mass is 10.1. The number of ether oxygens (including phenoxy) is 2. The van der Waals surface area contributed by atoms with Gasteiger partial charge >= 0.3 is 0 Å². The molecule has 0 bridgehead atoms. The lowest BCUT2D eigenvalue weighted by Gasteiger charge is -2.37. The minimum Gasteiger partial charge on any atom is -0.381 e. The van der Waals surface area contributed by atoms with E-state index in [1.165, 1.54) is 0 Å². The Balaban J connectivity index is 1.64. The monoisotopic (exact) mass is 306 g/mol. The number of fused-ring (bicyclic) bond motifs is 1. The van der Waals surface area contributed by atoms with E-state index in [4.69, 9.17) is 9.47 Å². The van der Waals surface area contributed by atoms with Gasteiger partial charge in [0.15, 0.2) is 0 Å². The van der Waals surface area contributed by atoms with Crippen LogP contribution in [0, 0.1) is 0 Å². The maximum atomic E-state index is 12.3. The van der Waals surface area contributed by atoms with Gasteiger partial charge in [0, 0.05) is 38.6 Å². The zero-order chi connectivity index (χ0) is 15.4. The van der Waals surface area contributed by atoms with Crippen molar-refractivity contribution in [2.45, 2.75) is 25.5 Å². The number of likely N-dealkylation sites (tertiary alicyclic amines) is 1. The molecule has 22 heavy (non-hydrogen) atoms. The van der Waals surface area contributed by atoms with Crippen LogP contribution in [0.1, 0.15) is 13.3 Å². The molecule has 7 nitrogen and oxygen atoms in total. The number of rotatable bonds is 5. The second kappa shape index (κ2) is 7.02. The summed E-state index contributed by atoms with van der Waals surface area (Å²) in [4.78, 5) is 24.8. The fourth-order valence-electron chi connectivity index (χ4n) is 3.08.